The number of pyridine rings is 1. The van der Waals surface area contributed by atoms with Crippen molar-refractivity contribution in [1.82, 2.24) is 23.9 Å². The minimum Gasteiger partial charge on any atom is -0.296 e. The Balaban J connectivity index is 1.48. The van der Waals surface area contributed by atoms with Crippen molar-refractivity contribution in [3.05, 3.63) is 29.6 Å². The molecular formula is C17H27ClN5OP. The van der Waals surface area contributed by atoms with Crippen molar-refractivity contribution >= 4 is 19.2 Å². The molecule has 4 heterocycles. The molecule has 4 rings (SSSR count). The summed E-state index contributed by atoms with van der Waals surface area (Å²) in [5, 5.41) is 0. The number of rotatable bonds is 3. The summed E-state index contributed by atoms with van der Waals surface area (Å²) in [6.07, 6.45) is 2.18. The molecule has 138 valence electrons. The van der Waals surface area contributed by atoms with Crippen LogP contribution in [0.3, 0.4) is 0 Å². The number of aromatic nitrogens is 1. The molecule has 3 saturated heterocycles. The van der Waals surface area contributed by atoms with Gasteiger partial charge in [-0.3, -0.25) is 14.4 Å². The molecule has 25 heavy (non-hydrogen) atoms. The molecule has 0 spiro atoms. The maximum absolute atomic E-state index is 13.7. The summed E-state index contributed by atoms with van der Waals surface area (Å²) in [6, 6.07) is 6.08. The van der Waals surface area contributed by atoms with Gasteiger partial charge in [0.25, 0.3) is 7.59 Å². The van der Waals surface area contributed by atoms with Gasteiger partial charge in [0.15, 0.2) is 0 Å². The van der Waals surface area contributed by atoms with Crippen LogP contribution in [0.2, 0.25) is 0 Å². The van der Waals surface area contributed by atoms with Gasteiger partial charge in [0.05, 0.1) is 17.3 Å². The fraction of sp³-hybridized carbons (Fsp3) is 0.706. The van der Waals surface area contributed by atoms with E-state index in [1.807, 2.05) is 12.1 Å². The third-order valence-electron chi connectivity index (χ3n) is 5.51. The van der Waals surface area contributed by atoms with Crippen molar-refractivity contribution < 1.29 is 4.57 Å². The predicted molar refractivity (Wildman–Crippen MR) is 101 cm³/mol. The Morgan fingerprint density at radius 1 is 0.880 bits per heavy atom. The van der Waals surface area contributed by atoms with E-state index in [1.54, 1.807) is 0 Å². The summed E-state index contributed by atoms with van der Waals surface area (Å²) < 4.78 is 20.5. The molecule has 0 aromatic carbocycles. The summed E-state index contributed by atoms with van der Waals surface area (Å²) >= 11 is 5.91. The normalized spacial score (nSPS) is 29.8. The summed E-state index contributed by atoms with van der Waals surface area (Å²) in [5.41, 5.74) is 2.00. The molecule has 6 nitrogen and oxygen atoms in total. The molecule has 0 N–H and O–H groups in total. The molecule has 8 heteroatoms. The highest BCUT2D eigenvalue weighted by atomic mass is 35.5. The minimum absolute atomic E-state index is 0.454. The van der Waals surface area contributed by atoms with Gasteiger partial charge in [0.2, 0.25) is 0 Å². The average molecular weight is 384 g/mol. The Bertz CT molecular complexity index is 660. The van der Waals surface area contributed by atoms with Gasteiger partial charge in [-0.05, 0) is 31.5 Å². The molecule has 0 amide bonds. The first-order chi connectivity index (χ1) is 12.2. The Morgan fingerprint density at radius 2 is 1.48 bits per heavy atom. The maximum atomic E-state index is 13.7. The second-order valence-electron chi connectivity index (χ2n) is 7.11. The number of halogens is 1. The molecule has 3 fully saturated rings. The van der Waals surface area contributed by atoms with Crippen LogP contribution in [-0.4, -0.2) is 76.3 Å². The highest BCUT2D eigenvalue weighted by Crippen LogP contribution is 2.61. The lowest BCUT2D eigenvalue weighted by Crippen LogP contribution is -2.42. The van der Waals surface area contributed by atoms with Gasteiger partial charge in [-0.2, -0.15) is 0 Å². The first-order valence-electron chi connectivity index (χ1n) is 9.29. The monoisotopic (exact) mass is 383 g/mol. The van der Waals surface area contributed by atoms with E-state index in [-0.39, 0.29) is 0 Å². The van der Waals surface area contributed by atoms with Crippen LogP contribution in [-0.2, 0) is 17.0 Å². The molecule has 3 aliphatic rings. The lowest BCUT2D eigenvalue weighted by Gasteiger charge is -2.42. The zero-order valence-corrected chi connectivity index (χ0v) is 16.3. The van der Waals surface area contributed by atoms with Gasteiger partial charge in [-0.15, -0.1) is 11.6 Å². The lowest BCUT2D eigenvalue weighted by molar-refractivity contribution is 0.225. The molecule has 1 aromatic rings. The Kier molecular flexibility index (Phi) is 5.46. The lowest BCUT2D eigenvalue weighted by atomic mass is 10.2. The van der Waals surface area contributed by atoms with E-state index in [0.717, 1.165) is 83.1 Å². The predicted octanol–water partition coefficient (Wildman–Crippen LogP) is 2.46. The standard InChI is InChI=1S/C17H27ClN5OP/c18-14-16-4-1-5-17(19-16)15-20-6-2-7-22-12-13-23-9-3-8-21(11-10-20)25(22,23)24/h1,4-5H,2-3,6-15H2. The molecule has 1 atom stereocenters. The van der Waals surface area contributed by atoms with Crippen molar-refractivity contribution in [3.63, 3.8) is 0 Å². The van der Waals surface area contributed by atoms with E-state index in [0.29, 0.717) is 5.88 Å². The van der Waals surface area contributed by atoms with Gasteiger partial charge in [0, 0.05) is 52.4 Å². The van der Waals surface area contributed by atoms with Crippen LogP contribution in [0.1, 0.15) is 24.2 Å². The van der Waals surface area contributed by atoms with Crippen LogP contribution < -0.4 is 0 Å². The molecule has 1 aromatic heterocycles. The summed E-state index contributed by atoms with van der Waals surface area (Å²) in [7, 11) is -2.47. The number of alkyl halides is 1. The first kappa shape index (κ1) is 17.9. The smallest absolute Gasteiger partial charge is 0.287 e. The zero-order chi connectivity index (χ0) is 17.3. The molecule has 0 radical (unpaired) electrons. The average Bonchev–Trinajstić information content (AvgIpc) is 2.98. The number of hydrogen-bond acceptors (Lipinski definition) is 3. The van der Waals surface area contributed by atoms with Crippen LogP contribution >= 0.6 is 19.2 Å². The maximum Gasteiger partial charge on any atom is 0.287 e. The van der Waals surface area contributed by atoms with E-state index >= 15 is 0 Å². The van der Waals surface area contributed by atoms with Crippen LogP contribution in [0.5, 0.6) is 0 Å². The van der Waals surface area contributed by atoms with E-state index < -0.39 is 7.59 Å². The van der Waals surface area contributed by atoms with Gasteiger partial charge in [-0.25, -0.2) is 14.0 Å². The summed E-state index contributed by atoms with van der Waals surface area (Å²) in [5.74, 6) is 0.454. The first-order valence-corrected chi connectivity index (χ1v) is 11.4. The Hall–Kier alpha value is -0.490. The van der Waals surface area contributed by atoms with E-state index in [1.165, 1.54) is 0 Å². The van der Waals surface area contributed by atoms with Crippen LogP contribution in [0, 0.1) is 0 Å². The van der Waals surface area contributed by atoms with Crippen molar-refractivity contribution in [2.24, 2.45) is 0 Å². The fourth-order valence-corrected chi connectivity index (χ4v) is 7.72. The Morgan fingerprint density at radius 3 is 2.16 bits per heavy atom. The highest BCUT2D eigenvalue weighted by molar-refractivity contribution is 7.56. The van der Waals surface area contributed by atoms with Crippen molar-refractivity contribution in [3.8, 4) is 0 Å². The van der Waals surface area contributed by atoms with E-state index in [9.17, 15) is 4.57 Å². The molecule has 1 unspecified atom stereocenters. The summed E-state index contributed by atoms with van der Waals surface area (Å²) in [6.45, 7) is 8.47. The molecule has 0 saturated carbocycles. The minimum atomic E-state index is -2.47. The third kappa shape index (κ3) is 3.53. The van der Waals surface area contributed by atoms with Crippen LogP contribution in [0.4, 0.5) is 0 Å². The molecular weight excluding hydrogens is 357 g/mol. The number of nitrogens with zero attached hydrogens (tertiary/aromatic N) is 5. The second-order valence-corrected chi connectivity index (χ2v) is 10.1. The van der Waals surface area contributed by atoms with Crippen molar-refractivity contribution in [1.29, 1.82) is 0 Å². The van der Waals surface area contributed by atoms with Gasteiger partial charge < -0.3 is 0 Å². The second kappa shape index (κ2) is 7.63. The fourth-order valence-electron chi connectivity index (χ4n) is 4.24. The quantitative estimate of drug-likeness (QED) is 0.590. The summed E-state index contributed by atoms with van der Waals surface area (Å²) in [4.78, 5) is 7.09. The van der Waals surface area contributed by atoms with E-state index in [4.69, 9.17) is 11.6 Å². The number of hydrogen-bond donors (Lipinski definition) is 0. The highest BCUT2D eigenvalue weighted by Gasteiger charge is 2.49. The Labute approximate surface area is 155 Å². The third-order valence-corrected chi connectivity index (χ3v) is 9.19. The van der Waals surface area contributed by atoms with E-state index in [2.05, 4.69) is 30.0 Å². The molecule has 0 bridgehead atoms. The zero-order valence-electron chi connectivity index (χ0n) is 14.7. The SMILES string of the molecule is O=P12N3CCCN1CCN2CCCN(Cc1cccc(CCl)n1)CC3. The largest absolute Gasteiger partial charge is 0.296 e. The van der Waals surface area contributed by atoms with Gasteiger partial charge >= 0.3 is 0 Å². The van der Waals surface area contributed by atoms with Gasteiger partial charge in [0.1, 0.15) is 0 Å². The van der Waals surface area contributed by atoms with Crippen LogP contribution in [0.25, 0.3) is 0 Å². The van der Waals surface area contributed by atoms with Crippen molar-refractivity contribution in [2.45, 2.75) is 25.3 Å². The van der Waals surface area contributed by atoms with Gasteiger partial charge in [-0.1, -0.05) is 6.07 Å². The van der Waals surface area contributed by atoms with Crippen LogP contribution in [0.15, 0.2) is 18.2 Å². The topological polar surface area (TPSA) is 42.9 Å². The molecule has 0 aliphatic carbocycles. The molecule has 3 aliphatic heterocycles. The van der Waals surface area contributed by atoms with Crippen molar-refractivity contribution in [2.75, 3.05) is 52.4 Å².